The van der Waals surface area contributed by atoms with Crippen molar-refractivity contribution >= 4 is 28.6 Å². The molecule has 5 unspecified atom stereocenters. The Kier molecular flexibility index (Phi) is 8.09. The third kappa shape index (κ3) is 5.45. The molecule has 6 rings (SSSR count). The summed E-state index contributed by atoms with van der Waals surface area (Å²) in [5.74, 6) is -0.840. The Morgan fingerprint density at radius 2 is 1.60 bits per heavy atom. The topological polar surface area (TPSA) is 140 Å². The number of hydrogen-bond acceptors (Lipinski definition) is 7. The zero-order valence-corrected chi connectivity index (χ0v) is 24.7. The van der Waals surface area contributed by atoms with Crippen LogP contribution in [0.1, 0.15) is 96.2 Å². The summed E-state index contributed by atoms with van der Waals surface area (Å²) < 4.78 is 1.77. The van der Waals surface area contributed by atoms with Gasteiger partial charge in [-0.25, -0.2) is 9.78 Å². The number of para-hydroxylation sites is 2. The summed E-state index contributed by atoms with van der Waals surface area (Å²) in [5, 5.41) is 13.9. The number of carbonyl (C=O) groups is 2. The molecule has 226 valence electrons. The average Bonchev–Trinajstić information content (AvgIpc) is 2.94. The van der Waals surface area contributed by atoms with Gasteiger partial charge in [-0.1, -0.05) is 56.8 Å². The van der Waals surface area contributed by atoms with Crippen LogP contribution in [0.5, 0.6) is 0 Å². The molecule has 4 aliphatic rings. The van der Waals surface area contributed by atoms with E-state index < -0.39 is 29.3 Å². The van der Waals surface area contributed by atoms with Crippen LogP contribution >= 0.6 is 0 Å². The monoisotopic (exact) mass is 577 g/mol. The number of aliphatic carboxylic acids is 1. The second-order valence-electron chi connectivity index (χ2n) is 13.4. The molecule has 2 aromatic rings. The van der Waals surface area contributed by atoms with Gasteiger partial charge in [0, 0.05) is 30.1 Å². The summed E-state index contributed by atoms with van der Waals surface area (Å²) in [7, 11) is 0. The van der Waals surface area contributed by atoms with E-state index in [1.807, 2.05) is 18.2 Å². The van der Waals surface area contributed by atoms with Crippen molar-refractivity contribution in [1.82, 2.24) is 14.5 Å². The van der Waals surface area contributed by atoms with E-state index in [1.165, 1.54) is 44.9 Å². The van der Waals surface area contributed by atoms with Crippen LogP contribution in [0.15, 0.2) is 34.2 Å². The van der Waals surface area contributed by atoms with E-state index >= 15 is 0 Å². The summed E-state index contributed by atoms with van der Waals surface area (Å²) in [6, 6.07) is 8.74. The molecule has 1 aromatic heterocycles. The van der Waals surface area contributed by atoms with Crippen LogP contribution in [0.4, 0.5) is 0 Å². The van der Waals surface area contributed by atoms with Gasteiger partial charge in [-0.15, -0.1) is 0 Å². The highest BCUT2D eigenvalue weighted by Gasteiger charge is 2.45. The summed E-state index contributed by atoms with van der Waals surface area (Å²) in [6.07, 6.45) is 12.2. The van der Waals surface area contributed by atoms with Crippen molar-refractivity contribution in [3.63, 3.8) is 0 Å². The second-order valence-corrected chi connectivity index (χ2v) is 13.4. The highest BCUT2D eigenvalue weighted by atomic mass is 16.6. The minimum atomic E-state index is -1.46. The lowest BCUT2D eigenvalue weighted by molar-refractivity contribution is -0.134. The first-order valence-electron chi connectivity index (χ1n) is 15.8. The highest BCUT2D eigenvalue weighted by molar-refractivity contribution is 6.41. The van der Waals surface area contributed by atoms with Gasteiger partial charge in [0.25, 0.3) is 11.5 Å². The minimum Gasteiger partial charge on any atom is -0.476 e. The van der Waals surface area contributed by atoms with Gasteiger partial charge in [-0.05, 0) is 68.9 Å². The molecule has 4 bridgehead atoms. The molecular weight excluding hydrogens is 534 g/mol. The van der Waals surface area contributed by atoms with E-state index in [9.17, 15) is 19.5 Å². The number of carboxylic acid groups (broad SMARTS) is 1. The van der Waals surface area contributed by atoms with E-state index in [-0.39, 0.29) is 17.7 Å². The number of benzene rings is 1. The summed E-state index contributed by atoms with van der Waals surface area (Å²) in [5.41, 5.74) is 5.23. The normalized spacial score (nSPS) is 30.7. The lowest BCUT2D eigenvalue weighted by atomic mass is 9.68. The van der Waals surface area contributed by atoms with Gasteiger partial charge in [-0.2, -0.15) is 0 Å². The smallest absolute Gasteiger partial charge is 0.360 e. The molecule has 2 aliphatic heterocycles. The van der Waals surface area contributed by atoms with Gasteiger partial charge in [0.15, 0.2) is 5.69 Å². The van der Waals surface area contributed by atoms with Crippen molar-refractivity contribution < 1.29 is 19.5 Å². The number of hydrogen-bond donors (Lipinski definition) is 2. The van der Waals surface area contributed by atoms with Crippen LogP contribution in [0.3, 0.4) is 0 Å². The van der Waals surface area contributed by atoms with Gasteiger partial charge in [0.05, 0.1) is 11.0 Å². The maximum absolute atomic E-state index is 14.2. The third-order valence-electron chi connectivity index (χ3n) is 10.3. The Bertz CT molecular complexity index is 1410. The lowest BCUT2D eigenvalue weighted by Gasteiger charge is -2.55. The summed E-state index contributed by atoms with van der Waals surface area (Å²) >= 11 is 0. The first kappa shape index (κ1) is 28.8. The number of primary amides is 1. The van der Waals surface area contributed by atoms with Gasteiger partial charge >= 0.3 is 5.97 Å². The van der Waals surface area contributed by atoms with E-state index in [1.54, 1.807) is 24.5 Å². The van der Waals surface area contributed by atoms with Crippen molar-refractivity contribution in [2.24, 2.45) is 28.6 Å². The largest absolute Gasteiger partial charge is 0.476 e. The first-order chi connectivity index (χ1) is 20.2. The number of nitrogens with two attached hydrogens (primary N) is 1. The highest BCUT2D eigenvalue weighted by Crippen LogP contribution is 2.47. The van der Waals surface area contributed by atoms with Crippen molar-refractivity contribution in [2.75, 3.05) is 0 Å². The van der Waals surface area contributed by atoms with Crippen LogP contribution in [-0.2, 0) is 14.4 Å². The maximum atomic E-state index is 14.2. The number of aromatic nitrogens is 2. The fraction of sp³-hybridized carbons (Fsp3) is 0.656. The molecule has 0 radical (unpaired) electrons. The number of piperidine rings is 2. The van der Waals surface area contributed by atoms with E-state index in [0.717, 1.165) is 37.5 Å². The summed E-state index contributed by atoms with van der Waals surface area (Å²) in [6.45, 7) is 3.44. The number of carboxylic acids is 1. The number of nitrogens with zero attached hydrogens (tertiary/aromatic N) is 4. The van der Waals surface area contributed by atoms with Crippen molar-refractivity contribution in [2.45, 2.75) is 115 Å². The molecule has 0 spiro atoms. The minimum absolute atomic E-state index is 0.0798. The predicted octanol–water partition coefficient (Wildman–Crippen LogP) is 4.24. The third-order valence-corrected chi connectivity index (χ3v) is 10.3. The molecule has 3 heterocycles. The van der Waals surface area contributed by atoms with Crippen molar-refractivity contribution in [3.05, 3.63) is 40.3 Å². The molecule has 4 fully saturated rings. The Balaban J connectivity index is 1.36. The molecule has 1 amide bonds. The molecule has 10 heteroatoms. The zero-order valence-electron chi connectivity index (χ0n) is 24.7. The molecule has 1 aromatic carbocycles. The van der Waals surface area contributed by atoms with Crippen molar-refractivity contribution in [3.8, 4) is 0 Å². The van der Waals surface area contributed by atoms with E-state index in [4.69, 9.17) is 10.6 Å². The van der Waals surface area contributed by atoms with Crippen LogP contribution in [0.2, 0.25) is 0 Å². The SMILES string of the molecule is CC(C)C(O/N=C(\C(=O)O)c1nc2ccccc2n(C2CC3CCCC(C2)N3C2CC3CCCC(C3)C2)c1=O)C(N)=O. The van der Waals surface area contributed by atoms with E-state index in [0.29, 0.717) is 29.2 Å². The Morgan fingerprint density at radius 3 is 2.21 bits per heavy atom. The van der Waals surface area contributed by atoms with E-state index in [2.05, 4.69) is 15.0 Å². The molecule has 3 N–H and O–H groups in total. The van der Waals surface area contributed by atoms with Gasteiger partial charge < -0.3 is 20.2 Å². The average molecular weight is 578 g/mol. The molecular formula is C32H43N5O5. The number of oxime groups is 1. The number of amides is 1. The summed E-state index contributed by atoms with van der Waals surface area (Å²) in [4.78, 5) is 51.0. The zero-order chi connectivity index (χ0) is 29.5. The first-order valence-corrected chi connectivity index (χ1v) is 15.8. The standard InChI is InChI=1S/C32H43N5O5/c1-18(2)29(30(33)38)42-35-28(32(40)41)27-31(39)37(26-12-4-3-11-25(26)34-27)24-16-21-9-6-10-22(17-24)36(21)23-14-19-7-5-8-20(13-19)15-23/h3-4,11-12,18-24,29H,5-10,13-17H2,1-2H3,(H2,33,38)(H,40,41)/b35-28-. The quantitative estimate of drug-likeness (QED) is 0.353. The fourth-order valence-electron chi connectivity index (χ4n) is 8.60. The number of fused-ring (bicyclic) bond motifs is 5. The van der Waals surface area contributed by atoms with Gasteiger partial charge in [0.1, 0.15) is 0 Å². The fourth-order valence-corrected chi connectivity index (χ4v) is 8.60. The molecule has 42 heavy (non-hydrogen) atoms. The number of carbonyl (C=O) groups excluding carboxylic acids is 1. The number of rotatable bonds is 8. The van der Waals surface area contributed by atoms with Crippen LogP contribution in [0.25, 0.3) is 11.0 Å². The van der Waals surface area contributed by atoms with Crippen molar-refractivity contribution in [1.29, 1.82) is 0 Å². The van der Waals surface area contributed by atoms with Gasteiger partial charge in [-0.3, -0.25) is 14.5 Å². The molecule has 2 saturated carbocycles. The predicted molar refractivity (Wildman–Crippen MR) is 159 cm³/mol. The molecule has 10 nitrogen and oxygen atoms in total. The lowest BCUT2D eigenvalue weighted by Crippen LogP contribution is -2.58. The Hall–Kier alpha value is -3.27. The van der Waals surface area contributed by atoms with Crippen LogP contribution < -0.4 is 11.3 Å². The van der Waals surface area contributed by atoms with Crippen LogP contribution in [0, 0.1) is 17.8 Å². The molecule has 2 saturated heterocycles. The van der Waals surface area contributed by atoms with Gasteiger partial charge in [0.2, 0.25) is 11.8 Å². The van der Waals surface area contributed by atoms with Crippen LogP contribution in [-0.4, -0.2) is 61.4 Å². The Morgan fingerprint density at radius 1 is 0.952 bits per heavy atom. The maximum Gasteiger partial charge on any atom is 0.360 e. The molecule has 2 aliphatic carbocycles. The Labute approximate surface area is 246 Å². The molecule has 5 atom stereocenters. The second kappa shape index (κ2) is 11.8.